The minimum Gasteiger partial charge on any atom is -0.394 e. The fraction of sp³-hybridized carbons (Fsp3) is 0.949. The third kappa shape index (κ3) is 38.6. The first-order valence-electron chi connectivity index (χ1n) is 29.9. The predicted molar refractivity (Wildman–Crippen MR) is 286 cm³/mol. The molecular weight excluding hydrogens is 851 g/mol. The van der Waals surface area contributed by atoms with E-state index >= 15 is 0 Å². The monoisotopic (exact) mass is 966 g/mol. The van der Waals surface area contributed by atoms with Crippen molar-refractivity contribution in [2.75, 3.05) is 13.2 Å². The molecule has 1 fully saturated rings. The number of unbranched alkanes of at least 4 members (excludes halogenated alkanes) is 42. The maximum absolute atomic E-state index is 13.1. The van der Waals surface area contributed by atoms with E-state index in [1.165, 1.54) is 244 Å². The molecule has 2 unspecified atom stereocenters. The number of carbonyl (C=O) groups excluding carboxylic acids is 1. The van der Waals surface area contributed by atoms with Crippen LogP contribution in [0.25, 0.3) is 0 Å². The molecule has 1 heterocycles. The van der Waals surface area contributed by atoms with E-state index in [-0.39, 0.29) is 12.5 Å². The minimum atomic E-state index is -1.56. The maximum Gasteiger partial charge on any atom is 0.220 e. The maximum atomic E-state index is 13.1. The van der Waals surface area contributed by atoms with Gasteiger partial charge in [0, 0.05) is 6.42 Å². The standard InChI is InChI=1S/C59H115NO8/c1-3-5-7-9-11-13-15-17-19-21-22-23-24-25-26-27-28-29-30-31-33-35-37-39-41-43-45-47-49-55(63)60-52(51-67-59-58(66)57(65)56(64)54(50-61)68-59)53(62)48-46-44-42-40-38-36-34-32-20-18-16-14-12-10-8-6-4-2/h46,48,52-54,56-59,61-62,64-66H,3-45,47,49-51H2,1-2H3,(H,60,63)/b48-46+/t52-,53+,54+,56-,57?,58?,59+/m0/s1. The van der Waals surface area contributed by atoms with Crippen molar-refractivity contribution in [1.29, 1.82) is 0 Å². The number of aliphatic hydroxyl groups excluding tert-OH is 5. The molecule has 0 spiro atoms. The van der Waals surface area contributed by atoms with Crippen LogP contribution in [0.2, 0.25) is 0 Å². The molecule has 7 atom stereocenters. The molecule has 0 aliphatic carbocycles. The Morgan fingerprint density at radius 1 is 0.485 bits per heavy atom. The number of hydrogen-bond acceptors (Lipinski definition) is 8. The molecule has 1 rings (SSSR count). The summed E-state index contributed by atoms with van der Waals surface area (Å²) in [5.74, 6) is -0.169. The third-order valence-electron chi connectivity index (χ3n) is 14.6. The van der Waals surface area contributed by atoms with Crippen molar-refractivity contribution < 1.29 is 39.8 Å². The lowest BCUT2D eigenvalue weighted by atomic mass is 9.99. The first-order valence-corrected chi connectivity index (χ1v) is 29.9. The second-order valence-electron chi connectivity index (χ2n) is 21.2. The zero-order valence-electron chi connectivity index (χ0n) is 44.9. The van der Waals surface area contributed by atoms with Crippen LogP contribution in [0.5, 0.6) is 0 Å². The van der Waals surface area contributed by atoms with Gasteiger partial charge in [-0.1, -0.05) is 289 Å². The molecule has 1 saturated heterocycles. The zero-order chi connectivity index (χ0) is 49.4. The lowest BCUT2D eigenvalue weighted by molar-refractivity contribution is -0.302. The molecule has 0 saturated carbocycles. The largest absolute Gasteiger partial charge is 0.394 e. The molecule has 9 heteroatoms. The van der Waals surface area contributed by atoms with Gasteiger partial charge in [0.1, 0.15) is 24.4 Å². The van der Waals surface area contributed by atoms with Crippen molar-refractivity contribution in [1.82, 2.24) is 5.32 Å². The van der Waals surface area contributed by atoms with Gasteiger partial charge in [-0.05, 0) is 19.3 Å². The summed E-state index contributed by atoms with van der Waals surface area (Å²) in [6.07, 6.45) is 54.3. The van der Waals surface area contributed by atoms with Crippen LogP contribution in [0.1, 0.15) is 303 Å². The summed E-state index contributed by atoms with van der Waals surface area (Å²) in [4.78, 5) is 13.1. The number of rotatable bonds is 52. The molecule has 6 N–H and O–H groups in total. The highest BCUT2D eigenvalue weighted by Gasteiger charge is 2.44. The highest BCUT2D eigenvalue weighted by atomic mass is 16.7. The van der Waals surface area contributed by atoms with Gasteiger partial charge < -0.3 is 40.3 Å². The first-order chi connectivity index (χ1) is 33.3. The van der Waals surface area contributed by atoms with Crippen molar-refractivity contribution in [3.8, 4) is 0 Å². The topological polar surface area (TPSA) is 149 Å². The van der Waals surface area contributed by atoms with E-state index in [2.05, 4.69) is 19.2 Å². The molecule has 9 nitrogen and oxygen atoms in total. The normalized spacial score (nSPS) is 19.5. The summed E-state index contributed by atoms with van der Waals surface area (Å²) in [6, 6.07) is -0.800. The smallest absolute Gasteiger partial charge is 0.220 e. The van der Waals surface area contributed by atoms with Crippen LogP contribution in [-0.4, -0.2) is 87.5 Å². The molecule has 1 amide bonds. The van der Waals surface area contributed by atoms with E-state index < -0.39 is 49.5 Å². The van der Waals surface area contributed by atoms with Crippen LogP contribution in [0.3, 0.4) is 0 Å². The minimum absolute atomic E-state index is 0.169. The van der Waals surface area contributed by atoms with Gasteiger partial charge in [-0.15, -0.1) is 0 Å². The van der Waals surface area contributed by atoms with Crippen molar-refractivity contribution in [3.05, 3.63) is 12.2 Å². The Morgan fingerprint density at radius 3 is 1.15 bits per heavy atom. The van der Waals surface area contributed by atoms with E-state index in [0.29, 0.717) is 6.42 Å². The Balaban J connectivity index is 2.16. The predicted octanol–water partition coefficient (Wildman–Crippen LogP) is 14.8. The van der Waals surface area contributed by atoms with Crippen LogP contribution < -0.4 is 5.32 Å². The van der Waals surface area contributed by atoms with Crippen LogP contribution in [0.15, 0.2) is 12.2 Å². The fourth-order valence-corrected chi connectivity index (χ4v) is 9.87. The average molecular weight is 967 g/mol. The summed E-state index contributed by atoms with van der Waals surface area (Å²) in [6.45, 7) is 3.82. The number of allylic oxidation sites excluding steroid dienone is 1. The van der Waals surface area contributed by atoms with Crippen LogP contribution >= 0.6 is 0 Å². The Labute approximate surface area is 420 Å². The second-order valence-corrected chi connectivity index (χ2v) is 21.2. The summed E-state index contributed by atoms with van der Waals surface area (Å²) in [7, 11) is 0. The van der Waals surface area contributed by atoms with Crippen molar-refractivity contribution in [2.45, 2.75) is 346 Å². The van der Waals surface area contributed by atoms with Crippen molar-refractivity contribution in [2.24, 2.45) is 0 Å². The van der Waals surface area contributed by atoms with Crippen LogP contribution in [0, 0.1) is 0 Å². The molecule has 0 bridgehead atoms. The van der Waals surface area contributed by atoms with Gasteiger partial charge in [0.05, 0.1) is 25.4 Å². The van der Waals surface area contributed by atoms with Crippen LogP contribution in [0.4, 0.5) is 0 Å². The van der Waals surface area contributed by atoms with Gasteiger partial charge in [-0.25, -0.2) is 0 Å². The average Bonchev–Trinajstić information content (AvgIpc) is 3.34. The molecule has 0 aromatic carbocycles. The number of carbonyl (C=O) groups is 1. The Morgan fingerprint density at radius 2 is 0.809 bits per heavy atom. The van der Waals surface area contributed by atoms with Gasteiger partial charge in [0.2, 0.25) is 5.91 Å². The third-order valence-corrected chi connectivity index (χ3v) is 14.6. The Bertz CT molecular complexity index is 1080. The van der Waals surface area contributed by atoms with E-state index in [9.17, 15) is 30.3 Å². The molecule has 404 valence electrons. The SMILES string of the molecule is CCCCCCCCCCCCCCCCC/C=C/[C@@H](O)[C@H](CO[C@@H]1O[C@H](CO)[C@H](O)C(O)C1O)NC(=O)CCCCCCCCCCCCCCCCCCCCCCCCCCCCCC. The molecule has 0 aromatic heterocycles. The zero-order valence-corrected chi connectivity index (χ0v) is 44.9. The summed E-state index contributed by atoms with van der Waals surface area (Å²) in [5, 5.41) is 54.5. The highest BCUT2D eigenvalue weighted by Crippen LogP contribution is 2.23. The van der Waals surface area contributed by atoms with Crippen molar-refractivity contribution in [3.63, 3.8) is 0 Å². The Kier molecular flexibility index (Phi) is 47.3. The van der Waals surface area contributed by atoms with E-state index in [1.807, 2.05) is 6.08 Å². The molecule has 1 aliphatic rings. The quantitative estimate of drug-likeness (QED) is 0.0261. The molecule has 1 aliphatic heterocycles. The van der Waals surface area contributed by atoms with Crippen LogP contribution in [-0.2, 0) is 14.3 Å². The molecule has 0 aromatic rings. The van der Waals surface area contributed by atoms with Crippen molar-refractivity contribution >= 4 is 5.91 Å². The van der Waals surface area contributed by atoms with Gasteiger partial charge in [-0.2, -0.15) is 0 Å². The number of hydrogen-bond donors (Lipinski definition) is 6. The first kappa shape index (κ1) is 64.9. The fourth-order valence-electron chi connectivity index (χ4n) is 9.87. The number of nitrogens with one attached hydrogen (secondary N) is 1. The second kappa shape index (κ2) is 49.5. The Hall–Kier alpha value is -1.07. The lowest BCUT2D eigenvalue weighted by Crippen LogP contribution is -2.60. The van der Waals surface area contributed by atoms with E-state index in [4.69, 9.17) is 9.47 Å². The number of ether oxygens (including phenoxy) is 2. The van der Waals surface area contributed by atoms with Gasteiger partial charge >= 0.3 is 0 Å². The van der Waals surface area contributed by atoms with Gasteiger partial charge in [-0.3, -0.25) is 4.79 Å². The molecule has 68 heavy (non-hydrogen) atoms. The molecular formula is C59H115NO8. The van der Waals surface area contributed by atoms with Gasteiger partial charge in [0.25, 0.3) is 0 Å². The summed E-state index contributed by atoms with van der Waals surface area (Å²) < 4.78 is 11.3. The molecule has 0 radical (unpaired) electrons. The summed E-state index contributed by atoms with van der Waals surface area (Å²) >= 11 is 0. The number of aliphatic hydroxyl groups is 5. The van der Waals surface area contributed by atoms with Gasteiger partial charge in [0.15, 0.2) is 6.29 Å². The van der Waals surface area contributed by atoms with E-state index in [1.54, 1.807) is 6.08 Å². The number of amides is 1. The lowest BCUT2D eigenvalue weighted by Gasteiger charge is -2.40. The highest BCUT2D eigenvalue weighted by molar-refractivity contribution is 5.76. The summed E-state index contributed by atoms with van der Waals surface area (Å²) in [5.41, 5.74) is 0. The van der Waals surface area contributed by atoms with E-state index in [0.717, 1.165) is 38.5 Å².